The highest BCUT2D eigenvalue weighted by atomic mass is 28.4. The van der Waals surface area contributed by atoms with Gasteiger partial charge in [-0.3, -0.25) is 4.79 Å². The molecular formula is C24H26O3Si. The molecular weight excluding hydrogens is 364 g/mol. The van der Waals surface area contributed by atoms with Crippen LogP contribution in [0.1, 0.15) is 20.3 Å². The van der Waals surface area contributed by atoms with E-state index in [-0.39, 0.29) is 18.5 Å². The molecule has 0 spiro atoms. The van der Waals surface area contributed by atoms with E-state index in [4.69, 9.17) is 9.16 Å². The molecule has 0 aliphatic carbocycles. The lowest BCUT2D eigenvalue weighted by Gasteiger charge is -2.35. The van der Waals surface area contributed by atoms with Gasteiger partial charge in [0.05, 0.1) is 19.1 Å². The SMILES string of the molecule is CCOC(=O)CC(C)O[Si](c1ccccc1)(c1ccccc1)c1ccccc1. The van der Waals surface area contributed by atoms with Crippen LogP contribution < -0.4 is 15.6 Å². The summed E-state index contributed by atoms with van der Waals surface area (Å²) in [6, 6.07) is 31.1. The van der Waals surface area contributed by atoms with Crippen LogP contribution in [0.2, 0.25) is 0 Å². The van der Waals surface area contributed by atoms with Crippen LogP contribution in [0, 0.1) is 0 Å². The van der Waals surface area contributed by atoms with Crippen LogP contribution in [0.4, 0.5) is 0 Å². The number of carbonyl (C=O) groups excluding carboxylic acids is 1. The number of benzene rings is 3. The highest BCUT2D eigenvalue weighted by Crippen LogP contribution is 2.14. The summed E-state index contributed by atoms with van der Waals surface area (Å²) < 4.78 is 12.0. The summed E-state index contributed by atoms with van der Waals surface area (Å²) in [5.41, 5.74) is 0. The van der Waals surface area contributed by atoms with Crippen LogP contribution in [-0.4, -0.2) is 27.0 Å². The van der Waals surface area contributed by atoms with Crippen molar-refractivity contribution < 1.29 is 14.0 Å². The quantitative estimate of drug-likeness (QED) is 0.337. The number of esters is 1. The van der Waals surface area contributed by atoms with Gasteiger partial charge in [0.25, 0.3) is 8.32 Å². The number of carbonyl (C=O) groups is 1. The van der Waals surface area contributed by atoms with Crippen molar-refractivity contribution in [3.8, 4) is 0 Å². The van der Waals surface area contributed by atoms with E-state index in [0.29, 0.717) is 6.61 Å². The molecule has 0 bridgehead atoms. The smallest absolute Gasteiger partial charge is 0.308 e. The van der Waals surface area contributed by atoms with Gasteiger partial charge >= 0.3 is 5.97 Å². The highest BCUT2D eigenvalue weighted by Gasteiger charge is 2.43. The Hall–Kier alpha value is -2.69. The third-order valence-electron chi connectivity index (χ3n) is 4.68. The molecule has 0 fully saturated rings. The van der Waals surface area contributed by atoms with Crippen molar-refractivity contribution in [3.63, 3.8) is 0 Å². The number of ether oxygens (including phenoxy) is 1. The summed E-state index contributed by atoms with van der Waals surface area (Å²) in [5.74, 6) is -0.230. The first-order chi connectivity index (χ1) is 13.7. The van der Waals surface area contributed by atoms with E-state index in [1.807, 2.05) is 68.4 Å². The van der Waals surface area contributed by atoms with Crippen LogP contribution in [0.5, 0.6) is 0 Å². The Morgan fingerprint density at radius 1 is 0.786 bits per heavy atom. The standard InChI is InChI=1S/C24H26O3Si/c1-3-26-24(25)19-20(2)27-28(21-13-7-4-8-14-21,22-15-9-5-10-16-22)23-17-11-6-12-18-23/h4-18,20H,3,19H2,1-2H3. The summed E-state index contributed by atoms with van der Waals surface area (Å²) >= 11 is 0. The second-order valence-electron chi connectivity index (χ2n) is 6.72. The van der Waals surface area contributed by atoms with Crippen LogP contribution in [0.15, 0.2) is 91.0 Å². The zero-order valence-corrected chi connectivity index (χ0v) is 17.4. The summed E-state index contributed by atoms with van der Waals surface area (Å²) in [4.78, 5) is 12.1. The van der Waals surface area contributed by atoms with Gasteiger partial charge in [0, 0.05) is 0 Å². The molecule has 4 heteroatoms. The van der Waals surface area contributed by atoms with Gasteiger partial charge in [0.2, 0.25) is 0 Å². The molecule has 0 heterocycles. The highest BCUT2D eigenvalue weighted by molar-refractivity contribution is 7.07. The van der Waals surface area contributed by atoms with Crippen molar-refractivity contribution in [1.82, 2.24) is 0 Å². The molecule has 0 N–H and O–H groups in total. The van der Waals surface area contributed by atoms with Gasteiger partial charge in [0.15, 0.2) is 0 Å². The maximum absolute atomic E-state index is 12.1. The molecule has 1 unspecified atom stereocenters. The molecule has 0 radical (unpaired) electrons. The zero-order chi connectivity index (χ0) is 19.8. The molecule has 144 valence electrons. The molecule has 3 nitrogen and oxygen atoms in total. The molecule has 0 saturated carbocycles. The summed E-state index contributed by atoms with van der Waals surface area (Å²) in [7, 11) is -2.78. The van der Waals surface area contributed by atoms with Crippen LogP contribution >= 0.6 is 0 Å². The van der Waals surface area contributed by atoms with Crippen molar-refractivity contribution in [1.29, 1.82) is 0 Å². The van der Waals surface area contributed by atoms with E-state index in [1.165, 1.54) is 0 Å². The van der Waals surface area contributed by atoms with Gasteiger partial charge in [-0.05, 0) is 29.4 Å². The number of hydrogen-bond acceptors (Lipinski definition) is 3. The Kier molecular flexibility index (Phi) is 6.79. The lowest BCUT2D eigenvalue weighted by molar-refractivity contribution is -0.144. The second kappa shape index (κ2) is 9.49. The van der Waals surface area contributed by atoms with Crippen LogP contribution in [-0.2, 0) is 14.0 Å². The minimum absolute atomic E-state index is 0.230. The predicted octanol–water partition coefficient (Wildman–Crippen LogP) is 3.01. The number of rotatable bonds is 8. The molecule has 0 aliphatic rings. The Morgan fingerprint density at radius 3 is 1.54 bits per heavy atom. The van der Waals surface area contributed by atoms with Gasteiger partial charge < -0.3 is 9.16 Å². The van der Waals surface area contributed by atoms with Crippen molar-refractivity contribution in [2.24, 2.45) is 0 Å². The normalized spacial score (nSPS) is 12.4. The van der Waals surface area contributed by atoms with E-state index in [2.05, 4.69) is 36.4 Å². The van der Waals surface area contributed by atoms with Gasteiger partial charge in [-0.15, -0.1) is 0 Å². The first kappa shape index (κ1) is 20.1. The first-order valence-electron chi connectivity index (χ1n) is 9.67. The topological polar surface area (TPSA) is 35.5 Å². The molecule has 3 aromatic carbocycles. The first-order valence-corrected chi connectivity index (χ1v) is 11.6. The van der Waals surface area contributed by atoms with E-state index >= 15 is 0 Å². The maximum atomic E-state index is 12.1. The van der Waals surface area contributed by atoms with Gasteiger partial charge in [0.1, 0.15) is 0 Å². The monoisotopic (exact) mass is 390 g/mol. The third kappa shape index (κ3) is 4.41. The number of hydrogen-bond donors (Lipinski definition) is 0. The average Bonchev–Trinajstić information content (AvgIpc) is 2.74. The fraction of sp³-hybridized carbons (Fsp3) is 0.208. The van der Waals surface area contributed by atoms with E-state index in [9.17, 15) is 4.79 Å². The van der Waals surface area contributed by atoms with E-state index in [1.54, 1.807) is 0 Å². The van der Waals surface area contributed by atoms with Crippen LogP contribution in [0.3, 0.4) is 0 Å². The minimum Gasteiger partial charge on any atom is -0.466 e. The molecule has 3 aromatic rings. The fourth-order valence-corrected chi connectivity index (χ4v) is 7.60. The lowest BCUT2D eigenvalue weighted by atomic mass is 10.3. The van der Waals surface area contributed by atoms with Gasteiger partial charge in [-0.25, -0.2) is 0 Å². The van der Waals surface area contributed by atoms with Crippen LogP contribution in [0.25, 0.3) is 0 Å². The molecule has 0 saturated heterocycles. The summed E-state index contributed by atoms with van der Waals surface area (Å²) in [6.07, 6.45) is -0.0407. The maximum Gasteiger partial charge on any atom is 0.308 e. The molecule has 1 atom stereocenters. The molecule has 28 heavy (non-hydrogen) atoms. The van der Waals surface area contributed by atoms with Crippen molar-refractivity contribution in [2.45, 2.75) is 26.4 Å². The van der Waals surface area contributed by atoms with E-state index < -0.39 is 8.32 Å². The Balaban J connectivity index is 2.13. The Morgan fingerprint density at radius 2 is 1.18 bits per heavy atom. The van der Waals surface area contributed by atoms with E-state index in [0.717, 1.165) is 15.6 Å². The second-order valence-corrected chi connectivity index (χ2v) is 10.0. The summed E-state index contributed by atoms with van der Waals surface area (Å²) in [5, 5.41) is 3.47. The van der Waals surface area contributed by atoms with Crippen molar-refractivity contribution in [2.75, 3.05) is 6.61 Å². The molecule has 0 aliphatic heterocycles. The summed E-state index contributed by atoms with van der Waals surface area (Å²) in [6.45, 7) is 4.15. The Labute approximate surface area is 168 Å². The molecule has 3 rings (SSSR count). The third-order valence-corrected chi connectivity index (χ3v) is 8.87. The van der Waals surface area contributed by atoms with Crippen molar-refractivity contribution >= 4 is 29.8 Å². The van der Waals surface area contributed by atoms with Crippen molar-refractivity contribution in [3.05, 3.63) is 91.0 Å². The predicted molar refractivity (Wildman–Crippen MR) is 116 cm³/mol. The average molecular weight is 391 g/mol. The molecule has 0 amide bonds. The fourth-order valence-electron chi connectivity index (χ4n) is 3.52. The zero-order valence-electron chi connectivity index (χ0n) is 16.4. The Bertz CT molecular complexity index is 769. The minimum atomic E-state index is -2.78. The molecule has 0 aromatic heterocycles. The van der Waals surface area contributed by atoms with Gasteiger partial charge in [-0.2, -0.15) is 0 Å². The largest absolute Gasteiger partial charge is 0.466 e. The lowest BCUT2D eigenvalue weighted by Crippen LogP contribution is -2.70. The van der Waals surface area contributed by atoms with Gasteiger partial charge in [-0.1, -0.05) is 91.0 Å².